The molecular formula is C19H19N3O2S. The molecular weight excluding hydrogens is 334 g/mol. The van der Waals surface area contributed by atoms with Crippen LogP contribution in [0.2, 0.25) is 0 Å². The van der Waals surface area contributed by atoms with E-state index < -0.39 is 0 Å². The fourth-order valence-electron chi connectivity index (χ4n) is 3.21. The summed E-state index contributed by atoms with van der Waals surface area (Å²) < 4.78 is 5.39. The monoisotopic (exact) mass is 353 g/mol. The fourth-order valence-corrected chi connectivity index (χ4v) is 3.91. The summed E-state index contributed by atoms with van der Waals surface area (Å²) in [4.78, 5) is 20.1. The van der Waals surface area contributed by atoms with E-state index in [1.807, 2.05) is 28.5 Å². The normalized spacial score (nSPS) is 17.4. The SMILES string of the molecule is Cc1cccc(N2CC(c3noc(Cc4cccs4)n3)CC2=O)c1C. The van der Waals surface area contributed by atoms with Crippen LogP contribution in [-0.2, 0) is 11.2 Å². The van der Waals surface area contributed by atoms with Crippen molar-refractivity contribution in [3.8, 4) is 0 Å². The van der Waals surface area contributed by atoms with E-state index in [2.05, 4.69) is 36.1 Å². The first-order valence-corrected chi connectivity index (χ1v) is 9.21. The summed E-state index contributed by atoms with van der Waals surface area (Å²) >= 11 is 1.67. The highest BCUT2D eigenvalue weighted by Gasteiger charge is 2.35. The quantitative estimate of drug-likeness (QED) is 0.715. The van der Waals surface area contributed by atoms with Crippen LogP contribution in [0.5, 0.6) is 0 Å². The lowest BCUT2D eigenvalue weighted by Crippen LogP contribution is -2.25. The van der Waals surface area contributed by atoms with E-state index in [4.69, 9.17) is 4.52 Å². The second-order valence-electron chi connectivity index (χ2n) is 6.43. The highest BCUT2D eigenvalue weighted by molar-refractivity contribution is 7.09. The third kappa shape index (κ3) is 3.09. The van der Waals surface area contributed by atoms with E-state index in [0.29, 0.717) is 31.1 Å². The Morgan fingerprint density at radius 3 is 2.96 bits per heavy atom. The standard InChI is InChI=1S/C19H19N3O2S/c1-12-5-3-7-16(13(12)2)22-11-14(9-18(22)23)19-20-17(24-21-19)10-15-6-4-8-25-15/h3-8,14H,9-11H2,1-2H3. The lowest BCUT2D eigenvalue weighted by atomic mass is 10.1. The van der Waals surface area contributed by atoms with Crippen LogP contribution in [0.15, 0.2) is 40.2 Å². The Kier molecular flexibility index (Phi) is 4.13. The number of rotatable bonds is 4. The van der Waals surface area contributed by atoms with E-state index in [0.717, 1.165) is 11.3 Å². The average Bonchev–Trinajstić information content (AvgIpc) is 3.32. The van der Waals surface area contributed by atoms with E-state index in [1.54, 1.807) is 11.3 Å². The highest BCUT2D eigenvalue weighted by atomic mass is 32.1. The number of thiophene rings is 1. The lowest BCUT2D eigenvalue weighted by Gasteiger charge is -2.19. The zero-order valence-electron chi connectivity index (χ0n) is 14.2. The van der Waals surface area contributed by atoms with Gasteiger partial charge in [0.05, 0.1) is 6.42 Å². The molecule has 0 bridgehead atoms. The van der Waals surface area contributed by atoms with Gasteiger partial charge in [-0.1, -0.05) is 23.4 Å². The van der Waals surface area contributed by atoms with E-state index >= 15 is 0 Å². The lowest BCUT2D eigenvalue weighted by molar-refractivity contribution is -0.117. The molecule has 1 aliphatic heterocycles. The average molecular weight is 353 g/mol. The summed E-state index contributed by atoms with van der Waals surface area (Å²) in [5, 5.41) is 6.15. The maximum atomic E-state index is 12.5. The molecule has 0 spiro atoms. The molecule has 25 heavy (non-hydrogen) atoms. The molecule has 1 atom stereocenters. The predicted molar refractivity (Wildman–Crippen MR) is 97.1 cm³/mol. The van der Waals surface area contributed by atoms with Gasteiger partial charge in [0.2, 0.25) is 11.8 Å². The minimum absolute atomic E-state index is 0.0201. The number of amides is 1. The summed E-state index contributed by atoms with van der Waals surface area (Å²) in [5.41, 5.74) is 3.31. The molecule has 2 aromatic heterocycles. The van der Waals surface area contributed by atoms with Crippen LogP contribution >= 0.6 is 11.3 Å². The largest absolute Gasteiger partial charge is 0.339 e. The highest BCUT2D eigenvalue weighted by Crippen LogP contribution is 2.33. The zero-order valence-corrected chi connectivity index (χ0v) is 15.0. The second kappa shape index (κ2) is 6.44. The third-order valence-corrected chi connectivity index (χ3v) is 5.62. The van der Waals surface area contributed by atoms with E-state index in [-0.39, 0.29) is 11.8 Å². The van der Waals surface area contributed by atoms with Crippen molar-refractivity contribution in [2.75, 3.05) is 11.4 Å². The van der Waals surface area contributed by atoms with Crippen molar-refractivity contribution in [1.82, 2.24) is 10.1 Å². The maximum Gasteiger partial charge on any atom is 0.231 e. The first-order chi connectivity index (χ1) is 12.1. The summed E-state index contributed by atoms with van der Waals surface area (Å²) in [7, 11) is 0. The van der Waals surface area contributed by atoms with Gasteiger partial charge in [0.25, 0.3) is 0 Å². The second-order valence-corrected chi connectivity index (χ2v) is 7.46. The number of anilines is 1. The molecule has 1 amide bonds. The Hall–Kier alpha value is -2.47. The molecule has 3 aromatic rings. The van der Waals surface area contributed by atoms with Crippen molar-refractivity contribution < 1.29 is 9.32 Å². The summed E-state index contributed by atoms with van der Waals surface area (Å²) in [5.74, 6) is 1.33. The molecule has 0 aliphatic carbocycles. The Bertz CT molecular complexity index is 901. The molecule has 6 heteroatoms. The van der Waals surface area contributed by atoms with Crippen molar-refractivity contribution in [1.29, 1.82) is 0 Å². The van der Waals surface area contributed by atoms with Gasteiger partial charge in [-0.05, 0) is 42.5 Å². The number of benzene rings is 1. The van der Waals surface area contributed by atoms with Crippen LogP contribution < -0.4 is 4.90 Å². The number of aromatic nitrogens is 2. The Labute approximate surface area is 150 Å². The van der Waals surface area contributed by atoms with Gasteiger partial charge in [0.15, 0.2) is 5.82 Å². The van der Waals surface area contributed by atoms with Gasteiger partial charge in [-0.2, -0.15) is 4.98 Å². The predicted octanol–water partition coefficient (Wildman–Crippen LogP) is 3.86. The molecule has 1 aliphatic rings. The molecule has 1 fully saturated rings. The minimum Gasteiger partial charge on any atom is -0.339 e. The molecule has 5 nitrogen and oxygen atoms in total. The van der Waals surface area contributed by atoms with Gasteiger partial charge in [-0.25, -0.2) is 0 Å². The summed E-state index contributed by atoms with van der Waals surface area (Å²) in [6.07, 6.45) is 1.07. The number of hydrogen-bond acceptors (Lipinski definition) is 5. The molecule has 1 aromatic carbocycles. The van der Waals surface area contributed by atoms with Crippen molar-refractivity contribution in [2.45, 2.75) is 32.6 Å². The molecule has 3 heterocycles. The Morgan fingerprint density at radius 2 is 2.16 bits per heavy atom. The van der Waals surface area contributed by atoms with Crippen LogP contribution in [0, 0.1) is 13.8 Å². The van der Waals surface area contributed by atoms with Gasteiger partial charge in [-0.15, -0.1) is 11.3 Å². The summed E-state index contributed by atoms with van der Waals surface area (Å²) in [6.45, 7) is 4.72. The van der Waals surface area contributed by atoms with Gasteiger partial charge < -0.3 is 9.42 Å². The van der Waals surface area contributed by atoms with Crippen LogP contribution in [-0.4, -0.2) is 22.6 Å². The Balaban J connectivity index is 1.52. The number of aryl methyl sites for hydroxylation is 1. The summed E-state index contributed by atoms with van der Waals surface area (Å²) in [6, 6.07) is 10.1. The third-order valence-electron chi connectivity index (χ3n) is 4.75. The number of carbonyl (C=O) groups excluding carboxylic acids is 1. The van der Waals surface area contributed by atoms with Crippen LogP contribution in [0.25, 0.3) is 0 Å². The van der Waals surface area contributed by atoms with Gasteiger partial charge >= 0.3 is 0 Å². The molecule has 0 radical (unpaired) electrons. The van der Waals surface area contributed by atoms with E-state index in [9.17, 15) is 4.79 Å². The van der Waals surface area contributed by atoms with Crippen LogP contribution in [0.4, 0.5) is 5.69 Å². The molecule has 1 unspecified atom stereocenters. The first kappa shape index (κ1) is 16.0. The molecule has 0 saturated carbocycles. The number of nitrogens with zero attached hydrogens (tertiary/aromatic N) is 3. The molecule has 0 N–H and O–H groups in total. The maximum absolute atomic E-state index is 12.5. The smallest absolute Gasteiger partial charge is 0.231 e. The number of carbonyl (C=O) groups is 1. The van der Waals surface area contributed by atoms with Gasteiger partial charge in [0.1, 0.15) is 0 Å². The van der Waals surface area contributed by atoms with Crippen LogP contribution in [0.1, 0.15) is 40.1 Å². The van der Waals surface area contributed by atoms with Crippen molar-refractivity contribution >= 4 is 22.9 Å². The minimum atomic E-state index is -0.0201. The van der Waals surface area contributed by atoms with Crippen molar-refractivity contribution in [2.24, 2.45) is 0 Å². The number of hydrogen-bond donors (Lipinski definition) is 0. The zero-order chi connectivity index (χ0) is 17.4. The van der Waals surface area contributed by atoms with Gasteiger partial charge in [0, 0.05) is 29.4 Å². The van der Waals surface area contributed by atoms with E-state index in [1.165, 1.54) is 10.4 Å². The molecule has 4 rings (SSSR count). The van der Waals surface area contributed by atoms with Crippen molar-refractivity contribution in [3.05, 3.63) is 63.4 Å². The van der Waals surface area contributed by atoms with Crippen molar-refractivity contribution in [3.63, 3.8) is 0 Å². The first-order valence-electron chi connectivity index (χ1n) is 8.33. The Morgan fingerprint density at radius 1 is 1.28 bits per heavy atom. The topological polar surface area (TPSA) is 59.2 Å². The van der Waals surface area contributed by atoms with Gasteiger partial charge in [-0.3, -0.25) is 4.79 Å². The molecule has 128 valence electrons. The van der Waals surface area contributed by atoms with Crippen LogP contribution in [0.3, 0.4) is 0 Å². The fraction of sp³-hybridized carbons (Fsp3) is 0.316. The molecule has 1 saturated heterocycles.